The van der Waals surface area contributed by atoms with Crippen molar-refractivity contribution in [3.63, 3.8) is 0 Å². The summed E-state index contributed by atoms with van der Waals surface area (Å²) in [4.78, 5) is 29.8. The van der Waals surface area contributed by atoms with Crippen molar-refractivity contribution in [3.8, 4) is 23.0 Å². The molecule has 3 N–H and O–H groups in total. The number of piperidine rings is 1. The summed E-state index contributed by atoms with van der Waals surface area (Å²) in [7, 11) is 0. The molecule has 4 heterocycles. The van der Waals surface area contributed by atoms with Crippen molar-refractivity contribution in [1.82, 2.24) is 35.0 Å². The molecule has 0 unspecified atom stereocenters. The number of carbonyl (C=O) groups is 1. The Bertz CT molecular complexity index is 1520. The zero-order valence-electron chi connectivity index (χ0n) is 20.4. The van der Waals surface area contributed by atoms with E-state index in [2.05, 4.69) is 35.5 Å². The van der Waals surface area contributed by atoms with Crippen LogP contribution in [0.4, 0.5) is 29.6 Å². The van der Waals surface area contributed by atoms with Crippen molar-refractivity contribution in [1.29, 1.82) is 0 Å². The largest absolute Gasteiger partial charge is 0.451 e. The lowest BCUT2D eigenvalue weighted by molar-refractivity contribution is -0.144. The number of hydrogen-bond acceptors (Lipinski definition) is 9. The van der Waals surface area contributed by atoms with Gasteiger partial charge in [0.1, 0.15) is 5.69 Å². The Morgan fingerprint density at radius 1 is 1.10 bits per heavy atom. The van der Waals surface area contributed by atoms with Gasteiger partial charge in [-0.3, -0.25) is 0 Å². The number of carbonyl (C=O) groups excluding carboxylic acids is 1. The number of benzene rings is 1. The first-order valence-corrected chi connectivity index (χ1v) is 12.2. The summed E-state index contributed by atoms with van der Waals surface area (Å²) in [5.41, 5.74) is 7.74. The second-order valence-corrected chi connectivity index (χ2v) is 9.18. The van der Waals surface area contributed by atoms with Crippen LogP contribution >= 0.6 is 11.6 Å². The van der Waals surface area contributed by atoms with Gasteiger partial charge in [-0.25, -0.2) is 24.7 Å². The number of nitrogen functional groups attached to an aromatic ring is 1. The standard InChI is InChI=1S/C24H21ClF3N9O2/c1-12-17(20-36-35-19(39-20)16-6-9-30-21(32-16)24(26,27)28)18(34-22(29)31-12)13-7-10-37(11-8-13)23(38)33-15-5-3-2-4-14(15)25/h2-6,9,13H,7-8,10-11H2,1H3,(H,33,38)(H2,29,31,34). The summed E-state index contributed by atoms with van der Waals surface area (Å²) in [6, 6.07) is 7.93. The maximum Gasteiger partial charge on any atom is 0.451 e. The first kappa shape index (κ1) is 26.3. The van der Waals surface area contributed by atoms with E-state index in [0.717, 1.165) is 6.20 Å². The monoisotopic (exact) mass is 559 g/mol. The van der Waals surface area contributed by atoms with Crippen LogP contribution in [0.15, 0.2) is 40.9 Å². The number of amides is 2. The molecular weight excluding hydrogens is 539 g/mol. The summed E-state index contributed by atoms with van der Waals surface area (Å²) in [5, 5.41) is 11.2. The van der Waals surface area contributed by atoms with Gasteiger partial charge < -0.3 is 20.4 Å². The number of aromatic nitrogens is 6. The number of alkyl halides is 3. The maximum atomic E-state index is 13.1. The molecule has 1 aliphatic heterocycles. The smallest absolute Gasteiger partial charge is 0.414 e. The van der Waals surface area contributed by atoms with Gasteiger partial charge in [-0.1, -0.05) is 23.7 Å². The molecule has 0 saturated carbocycles. The molecule has 0 radical (unpaired) electrons. The number of hydrogen-bond donors (Lipinski definition) is 2. The van der Waals surface area contributed by atoms with Gasteiger partial charge in [0.25, 0.3) is 11.8 Å². The van der Waals surface area contributed by atoms with Crippen molar-refractivity contribution < 1.29 is 22.4 Å². The maximum absolute atomic E-state index is 13.1. The molecule has 11 nitrogen and oxygen atoms in total. The lowest BCUT2D eigenvalue weighted by atomic mass is 9.90. The average molecular weight is 560 g/mol. The van der Waals surface area contributed by atoms with E-state index in [9.17, 15) is 18.0 Å². The number of likely N-dealkylation sites (tertiary alicyclic amines) is 1. The summed E-state index contributed by atoms with van der Waals surface area (Å²) in [5.74, 6) is -1.59. The second-order valence-electron chi connectivity index (χ2n) is 8.77. The molecule has 1 aromatic carbocycles. The number of rotatable bonds is 4. The number of para-hydroxylation sites is 1. The average Bonchev–Trinajstić information content (AvgIpc) is 3.39. The molecule has 1 aliphatic rings. The highest BCUT2D eigenvalue weighted by Crippen LogP contribution is 2.37. The zero-order valence-corrected chi connectivity index (χ0v) is 21.2. The van der Waals surface area contributed by atoms with Crippen molar-refractivity contribution in [2.24, 2.45) is 0 Å². The molecule has 39 heavy (non-hydrogen) atoms. The third kappa shape index (κ3) is 5.60. The molecule has 0 atom stereocenters. The normalized spacial score (nSPS) is 14.4. The number of nitrogens with zero attached hydrogens (tertiary/aromatic N) is 7. The van der Waals surface area contributed by atoms with E-state index in [0.29, 0.717) is 53.6 Å². The SMILES string of the molecule is Cc1nc(N)nc(C2CCN(C(=O)Nc3ccccc3Cl)CC2)c1-c1nnc(-c2ccnc(C(F)(F)F)n2)o1. The Balaban J connectivity index is 1.37. The van der Waals surface area contributed by atoms with E-state index < -0.39 is 12.0 Å². The van der Waals surface area contributed by atoms with Gasteiger partial charge in [0.05, 0.1) is 27.7 Å². The van der Waals surface area contributed by atoms with Gasteiger partial charge in [-0.05, 0) is 38.0 Å². The van der Waals surface area contributed by atoms with Crippen LogP contribution < -0.4 is 11.1 Å². The Morgan fingerprint density at radius 3 is 2.54 bits per heavy atom. The van der Waals surface area contributed by atoms with Gasteiger partial charge >= 0.3 is 12.2 Å². The predicted octanol–water partition coefficient (Wildman–Crippen LogP) is 4.96. The van der Waals surface area contributed by atoms with E-state index in [1.165, 1.54) is 6.07 Å². The number of nitrogens with two attached hydrogens (primary N) is 1. The topological polar surface area (TPSA) is 149 Å². The fourth-order valence-corrected chi connectivity index (χ4v) is 4.52. The summed E-state index contributed by atoms with van der Waals surface area (Å²) in [6.07, 6.45) is -2.65. The Labute approximate surface area is 224 Å². The van der Waals surface area contributed by atoms with Gasteiger partial charge in [0.15, 0.2) is 0 Å². The van der Waals surface area contributed by atoms with E-state index in [1.54, 1.807) is 36.1 Å². The fraction of sp³-hybridized carbons (Fsp3) is 0.292. The van der Waals surface area contributed by atoms with E-state index in [4.69, 9.17) is 21.8 Å². The van der Waals surface area contributed by atoms with Gasteiger partial charge in [-0.15, -0.1) is 10.2 Å². The minimum atomic E-state index is -4.73. The van der Waals surface area contributed by atoms with Crippen molar-refractivity contribution in [2.75, 3.05) is 24.1 Å². The lowest BCUT2D eigenvalue weighted by Crippen LogP contribution is -2.40. The van der Waals surface area contributed by atoms with Gasteiger partial charge in [-0.2, -0.15) is 13.2 Å². The minimum absolute atomic E-state index is 0.0172. The Morgan fingerprint density at radius 2 is 1.82 bits per heavy atom. The highest BCUT2D eigenvalue weighted by molar-refractivity contribution is 6.33. The summed E-state index contributed by atoms with van der Waals surface area (Å²) in [6.45, 7) is 2.55. The van der Waals surface area contributed by atoms with Crippen LogP contribution in [0.5, 0.6) is 0 Å². The first-order valence-electron chi connectivity index (χ1n) is 11.8. The van der Waals surface area contributed by atoms with Crippen LogP contribution in [-0.2, 0) is 6.18 Å². The third-order valence-electron chi connectivity index (χ3n) is 6.19. The Hall–Kier alpha value is -4.33. The zero-order chi connectivity index (χ0) is 27.7. The third-order valence-corrected chi connectivity index (χ3v) is 6.52. The molecule has 202 valence electrons. The fourth-order valence-electron chi connectivity index (χ4n) is 4.33. The van der Waals surface area contributed by atoms with Gasteiger partial charge in [0.2, 0.25) is 11.8 Å². The van der Waals surface area contributed by atoms with E-state index in [1.807, 2.05) is 0 Å². The molecule has 5 rings (SSSR count). The number of anilines is 2. The molecule has 0 aliphatic carbocycles. The number of aryl methyl sites for hydroxylation is 1. The molecule has 2 amide bonds. The van der Waals surface area contributed by atoms with Crippen molar-refractivity contribution in [3.05, 3.63) is 58.8 Å². The molecular formula is C24H21ClF3N9O2. The van der Waals surface area contributed by atoms with E-state index in [-0.39, 0.29) is 35.4 Å². The van der Waals surface area contributed by atoms with Crippen LogP contribution in [0.2, 0.25) is 5.02 Å². The Kier molecular flexibility index (Phi) is 7.04. The summed E-state index contributed by atoms with van der Waals surface area (Å²) < 4.78 is 44.9. The van der Waals surface area contributed by atoms with Crippen LogP contribution in [0.1, 0.15) is 36.0 Å². The van der Waals surface area contributed by atoms with Crippen LogP contribution in [0, 0.1) is 6.92 Å². The predicted molar refractivity (Wildman–Crippen MR) is 135 cm³/mol. The molecule has 0 bridgehead atoms. The number of halogens is 4. The molecule has 1 saturated heterocycles. The van der Waals surface area contributed by atoms with Crippen LogP contribution in [0.3, 0.4) is 0 Å². The van der Waals surface area contributed by atoms with Gasteiger partial charge in [0, 0.05) is 25.2 Å². The molecule has 1 fully saturated rings. The van der Waals surface area contributed by atoms with Crippen LogP contribution in [0.25, 0.3) is 23.0 Å². The highest BCUT2D eigenvalue weighted by Gasteiger charge is 2.35. The molecule has 4 aromatic rings. The quantitative estimate of drug-likeness (QED) is 0.354. The number of nitrogens with one attached hydrogen (secondary N) is 1. The molecule has 3 aromatic heterocycles. The van der Waals surface area contributed by atoms with Crippen molar-refractivity contribution >= 4 is 29.3 Å². The van der Waals surface area contributed by atoms with Crippen molar-refractivity contribution in [2.45, 2.75) is 31.9 Å². The minimum Gasteiger partial charge on any atom is -0.414 e. The van der Waals surface area contributed by atoms with E-state index >= 15 is 0 Å². The molecule has 15 heteroatoms. The second kappa shape index (κ2) is 10.4. The van der Waals surface area contributed by atoms with Crippen LogP contribution in [-0.4, -0.2) is 54.2 Å². The lowest BCUT2D eigenvalue weighted by Gasteiger charge is -2.32. The number of urea groups is 1. The highest BCUT2D eigenvalue weighted by atomic mass is 35.5. The summed E-state index contributed by atoms with van der Waals surface area (Å²) >= 11 is 6.15. The molecule has 0 spiro atoms. The first-order chi connectivity index (χ1) is 18.6.